The van der Waals surface area contributed by atoms with Crippen LogP contribution in [0.25, 0.3) is 0 Å². The molecule has 0 atom stereocenters. The molecule has 110 valence electrons. The number of carbonyl (C=O) groups is 2. The van der Waals surface area contributed by atoms with Gasteiger partial charge in [-0.1, -0.05) is 37.1 Å². The summed E-state index contributed by atoms with van der Waals surface area (Å²) >= 11 is 5.91. The quantitative estimate of drug-likeness (QED) is 0.675. The lowest BCUT2D eigenvalue weighted by molar-refractivity contribution is 0.0954. The van der Waals surface area contributed by atoms with Gasteiger partial charge < -0.3 is 16.0 Å². The number of amides is 3. The largest absolute Gasteiger partial charge is 0.350 e. The van der Waals surface area contributed by atoms with E-state index in [1.807, 2.05) is 0 Å². The van der Waals surface area contributed by atoms with Gasteiger partial charge in [-0.3, -0.25) is 4.79 Å². The molecule has 6 heteroatoms. The van der Waals surface area contributed by atoms with Crippen molar-refractivity contribution >= 4 is 23.5 Å². The molecule has 0 radical (unpaired) electrons. The lowest BCUT2D eigenvalue weighted by Crippen LogP contribution is -2.40. The maximum atomic E-state index is 11.8. The van der Waals surface area contributed by atoms with Crippen LogP contribution in [0.3, 0.4) is 0 Å². The van der Waals surface area contributed by atoms with Crippen molar-refractivity contribution in [3.63, 3.8) is 0 Å². The third-order valence-corrected chi connectivity index (χ3v) is 2.96. The molecule has 0 bridgehead atoms. The van der Waals surface area contributed by atoms with Crippen LogP contribution in [0.5, 0.6) is 0 Å². The standard InChI is InChI=1S/C14H20ClN3O2/c1-2-3-8-17-14(20)18-10-9-16-13(19)11-6-4-5-7-12(11)15/h4-7H,2-3,8-10H2,1H3,(H,16,19)(H2,17,18,20). The summed E-state index contributed by atoms with van der Waals surface area (Å²) in [5.41, 5.74) is 0.432. The Kier molecular flexibility index (Phi) is 7.50. The second-order valence-electron chi connectivity index (χ2n) is 4.27. The van der Waals surface area contributed by atoms with Crippen LogP contribution in [-0.2, 0) is 0 Å². The van der Waals surface area contributed by atoms with Gasteiger partial charge in [0.25, 0.3) is 5.91 Å². The van der Waals surface area contributed by atoms with E-state index in [2.05, 4.69) is 22.9 Å². The summed E-state index contributed by atoms with van der Waals surface area (Å²) in [5, 5.41) is 8.50. The van der Waals surface area contributed by atoms with Crippen LogP contribution < -0.4 is 16.0 Å². The highest BCUT2D eigenvalue weighted by molar-refractivity contribution is 6.33. The SMILES string of the molecule is CCCCNC(=O)NCCNC(=O)c1ccccc1Cl. The molecule has 0 aliphatic heterocycles. The number of rotatable bonds is 7. The predicted molar refractivity (Wildman–Crippen MR) is 80.1 cm³/mol. The number of urea groups is 1. The maximum absolute atomic E-state index is 11.8. The van der Waals surface area contributed by atoms with Crippen LogP contribution in [-0.4, -0.2) is 31.6 Å². The van der Waals surface area contributed by atoms with Crippen LogP contribution in [0.2, 0.25) is 5.02 Å². The minimum atomic E-state index is -0.246. The molecule has 20 heavy (non-hydrogen) atoms. The summed E-state index contributed by atoms with van der Waals surface area (Å²) in [6.45, 7) is 3.44. The third-order valence-electron chi connectivity index (χ3n) is 2.63. The molecule has 0 saturated carbocycles. The van der Waals surface area contributed by atoms with Gasteiger partial charge in [0.2, 0.25) is 0 Å². The van der Waals surface area contributed by atoms with E-state index in [9.17, 15) is 9.59 Å². The Morgan fingerprint density at radius 3 is 2.40 bits per heavy atom. The minimum absolute atomic E-state index is 0.217. The number of unbranched alkanes of at least 4 members (excludes halogenated alkanes) is 1. The number of halogens is 1. The molecule has 3 amide bonds. The Labute approximate surface area is 124 Å². The Morgan fingerprint density at radius 2 is 1.70 bits per heavy atom. The first-order chi connectivity index (χ1) is 9.65. The smallest absolute Gasteiger partial charge is 0.314 e. The van der Waals surface area contributed by atoms with E-state index in [1.54, 1.807) is 24.3 Å². The molecular weight excluding hydrogens is 278 g/mol. The zero-order valence-electron chi connectivity index (χ0n) is 11.5. The molecule has 0 aromatic heterocycles. The van der Waals surface area contributed by atoms with Crippen LogP contribution in [0.4, 0.5) is 4.79 Å². The third kappa shape index (κ3) is 5.93. The number of carbonyl (C=O) groups excluding carboxylic acids is 2. The van der Waals surface area contributed by atoms with Gasteiger partial charge in [-0.25, -0.2) is 4.79 Å². The fraction of sp³-hybridized carbons (Fsp3) is 0.429. The normalized spacial score (nSPS) is 9.90. The van der Waals surface area contributed by atoms with Crippen molar-refractivity contribution in [3.05, 3.63) is 34.9 Å². The zero-order valence-corrected chi connectivity index (χ0v) is 12.3. The summed E-state index contributed by atoms with van der Waals surface area (Å²) < 4.78 is 0. The highest BCUT2D eigenvalue weighted by Gasteiger charge is 2.08. The molecule has 0 spiro atoms. The Morgan fingerprint density at radius 1 is 1.05 bits per heavy atom. The first-order valence-corrected chi connectivity index (χ1v) is 7.07. The number of hydrogen-bond donors (Lipinski definition) is 3. The van der Waals surface area contributed by atoms with Gasteiger partial charge in [-0.2, -0.15) is 0 Å². The average Bonchev–Trinajstić information content (AvgIpc) is 2.44. The molecule has 0 unspecified atom stereocenters. The molecule has 0 aliphatic carbocycles. The molecule has 0 heterocycles. The summed E-state index contributed by atoms with van der Waals surface area (Å²) in [7, 11) is 0. The first-order valence-electron chi connectivity index (χ1n) is 6.69. The molecule has 1 rings (SSSR count). The second kappa shape index (κ2) is 9.20. The van der Waals surface area contributed by atoms with E-state index < -0.39 is 0 Å². The number of nitrogens with one attached hydrogen (secondary N) is 3. The summed E-state index contributed by atoms with van der Waals surface area (Å²) in [6.07, 6.45) is 1.99. The van der Waals surface area contributed by atoms with Crippen molar-refractivity contribution < 1.29 is 9.59 Å². The molecule has 0 saturated heterocycles. The van der Waals surface area contributed by atoms with Gasteiger partial charge in [-0.05, 0) is 18.6 Å². The fourth-order valence-electron chi connectivity index (χ4n) is 1.53. The van der Waals surface area contributed by atoms with Crippen molar-refractivity contribution in [3.8, 4) is 0 Å². The van der Waals surface area contributed by atoms with E-state index in [0.29, 0.717) is 30.2 Å². The minimum Gasteiger partial charge on any atom is -0.350 e. The molecule has 0 fully saturated rings. The average molecular weight is 298 g/mol. The highest BCUT2D eigenvalue weighted by Crippen LogP contribution is 2.14. The van der Waals surface area contributed by atoms with Crippen molar-refractivity contribution in [2.45, 2.75) is 19.8 Å². The van der Waals surface area contributed by atoms with Gasteiger partial charge in [0.15, 0.2) is 0 Å². The Balaban J connectivity index is 2.20. The van der Waals surface area contributed by atoms with Crippen LogP contribution in [0, 0.1) is 0 Å². The molecular formula is C14H20ClN3O2. The van der Waals surface area contributed by atoms with Crippen LogP contribution >= 0.6 is 11.6 Å². The Hall–Kier alpha value is -1.75. The van der Waals surface area contributed by atoms with E-state index in [0.717, 1.165) is 12.8 Å². The summed E-state index contributed by atoms with van der Waals surface area (Å²) in [5.74, 6) is -0.246. The second-order valence-corrected chi connectivity index (χ2v) is 4.68. The van der Waals surface area contributed by atoms with Crippen molar-refractivity contribution in [1.29, 1.82) is 0 Å². The van der Waals surface area contributed by atoms with Crippen LogP contribution in [0.1, 0.15) is 30.1 Å². The van der Waals surface area contributed by atoms with Gasteiger partial charge in [0.05, 0.1) is 10.6 Å². The molecule has 5 nitrogen and oxygen atoms in total. The van der Waals surface area contributed by atoms with Crippen molar-refractivity contribution in [2.75, 3.05) is 19.6 Å². The molecule has 0 aliphatic rings. The van der Waals surface area contributed by atoms with Crippen LogP contribution in [0.15, 0.2) is 24.3 Å². The highest BCUT2D eigenvalue weighted by atomic mass is 35.5. The van der Waals surface area contributed by atoms with Gasteiger partial charge >= 0.3 is 6.03 Å². The van der Waals surface area contributed by atoms with E-state index >= 15 is 0 Å². The molecule has 1 aromatic rings. The van der Waals surface area contributed by atoms with Crippen molar-refractivity contribution in [2.24, 2.45) is 0 Å². The molecule has 3 N–H and O–H groups in total. The zero-order chi connectivity index (χ0) is 14.8. The lowest BCUT2D eigenvalue weighted by atomic mass is 10.2. The monoisotopic (exact) mass is 297 g/mol. The predicted octanol–water partition coefficient (Wildman–Crippen LogP) is 2.17. The maximum Gasteiger partial charge on any atom is 0.314 e. The summed E-state index contributed by atoms with van der Waals surface area (Å²) in [4.78, 5) is 23.1. The van der Waals surface area contributed by atoms with E-state index in [4.69, 9.17) is 11.6 Å². The lowest BCUT2D eigenvalue weighted by Gasteiger charge is -2.09. The first kappa shape index (κ1) is 16.3. The van der Waals surface area contributed by atoms with E-state index in [-0.39, 0.29) is 11.9 Å². The van der Waals surface area contributed by atoms with Gasteiger partial charge in [0, 0.05) is 19.6 Å². The summed E-state index contributed by atoms with van der Waals surface area (Å²) in [6, 6.07) is 6.62. The van der Waals surface area contributed by atoms with Gasteiger partial charge in [-0.15, -0.1) is 0 Å². The number of benzene rings is 1. The topological polar surface area (TPSA) is 70.2 Å². The van der Waals surface area contributed by atoms with Crippen molar-refractivity contribution in [1.82, 2.24) is 16.0 Å². The molecule has 1 aromatic carbocycles. The number of hydrogen-bond acceptors (Lipinski definition) is 2. The van der Waals surface area contributed by atoms with E-state index in [1.165, 1.54) is 0 Å². The Bertz CT molecular complexity index is 452. The van der Waals surface area contributed by atoms with Gasteiger partial charge in [0.1, 0.15) is 0 Å². The fourth-order valence-corrected chi connectivity index (χ4v) is 1.76.